The summed E-state index contributed by atoms with van der Waals surface area (Å²) in [6.07, 6.45) is 1.44. The summed E-state index contributed by atoms with van der Waals surface area (Å²) in [6, 6.07) is 7.66. The molecule has 1 aliphatic heterocycles. The highest BCUT2D eigenvalue weighted by Gasteiger charge is 2.49. The number of hydrogen-bond acceptors (Lipinski definition) is 3. The van der Waals surface area contributed by atoms with Crippen LogP contribution >= 0.6 is 11.6 Å². The third-order valence-corrected chi connectivity index (χ3v) is 5.41. The number of amides is 2. The van der Waals surface area contributed by atoms with Gasteiger partial charge in [0.15, 0.2) is 0 Å². The summed E-state index contributed by atoms with van der Waals surface area (Å²) in [6.45, 7) is 7.19. The second kappa shape index (κ2) is 8.19. The first-order valence-corrected chi connectivity index (χ1v) is 9.49. The molecule has 5 nitrogen and oxygen atoms in total. The van der Waals surface area contributed by atoms with E-state index in [2.05, 4.69) is 17.1 Å². The third-order valence-electron chi connectivity index (χ3n) is 5.18. The minimum atomic E-state index is -0.143. The van der Waals surface area contributed by atoms with Gasteiger partial charge in [-0.1, -0.05) is 30.7 Å². The number of halogens is 1. The lowest BCUT2D eigenvalue weighted by Crippen LogP contribution is -2.49. The van der Waals surface area contributed by atoms with Gasteiger partial charge in [0.1, 0.15) is 0 Å². The maximum absolute atomic E-state index is 12.5. The molecule has 1 N–H and O–H groups in total. The lowest BCUT2D eigenvalue weighted by atomic mass is 10.1. The summed E-state index contributed by atoms with van der Waals surface area (Å²) in [5.41, 5.74) is 1.10. The van der Waals surface area contributed by atoms with Gasteiger partial charge in [0, 0.05) is 37.7 Å². The van der Waals surface area contributed by atoms with Crippen molar-refractivity contribution >= 4 is 23.4 Å². The predicted octanol–water partition coefficient (Wildman–Crippen LogP) is 1.80. The van der Waals surface area contributed by atoms with E-state index in [1.54, 1.807) is 0 Å². The molecule has 25 heavy (non-hydrogen) atoms. The van der Waals surface area contributed by atoms with E-state index in [0.29, 0.717) is 18.0 Å². The highest BCUT2D eigenvalue weighted by molar-refractivity contribution is 6.30. The molecule has 2 amide bonds. The fourth-order valence-electron chi connectivity index (χ4n) is 3.43. The Hall–Kier alpha value is -1.59. The molecule has 1 saturated carbocycles. The number of carbonyl (C=O) groups excluding carboxylic acids is 2. The minimum absolute atomic E-state index is 0.00701. The second-order valence-corrected chi connectivity index (χ2v) is 7.32. The van der Waals surface area contributed by atoms with Crippen molar-refractivity contribution in [1.82, 2.24) is 15.1 Å². The maximum Gasteiger partial charge on any atom is 0.226 e. The molecule has 136 valence electrons. The molecule has 2 atom stereocenters. The van der Waals surface area contributed by atoms with Crippen LogP contribution in [0.1, 0.15) is 18.9 Å². The van der Waals surface area contributed by atoms with Crippen molar-refractivity contribution in [3.63, 3.8) is 0 Å². The lowest BCUT2D eigenvalue weighted by Gasteiger charge is -2.34. The van der Waals surface area contributed by atoms with Gasteiger partial charge in [0.25, 0.3) is 0 Å². The van der Waals surface area contributed by atoms with E-state index < -0.39 is 0 Å². The van der Waals surface area contributed by atoms with Crippen LogP contribution in [-0.2, 0) is 16.0 Å². The first-order chi connectivity index (χ1) is 12.1. The summed E-state index contributed by atoms with van der Waals surface area (Å²) in [7, 11) is 0. The molecular weight excluding hydrogens is 338 g/mol. The Labute approximate surface area is 154 Å². The molecule has 3 rings (SSSR count). The number of nitrogens with one attached hydrogen (secondary N) is 1. The first-order valence-electron chi connectivity index (χ1n) is 9.11. The number of piperazine rings is 1. The Morgan fingerprint density at radius 2 is 1.96 bits per heavy atom. The molecule has 6 heteroatoms. The van der Waals surface area contributed by atoms with Crippen LogP contribution in [0.3, 0.4) is 0 Å². The Bertz CT molecular complexity index is 629. The number of hydrogen-bond donors (Lipinski definition) is 1. The van der Waals surface area contributed by atoms with Crippen molar-refractivity contribution in [3.8, 4) is 0 Å². The number of nitrogens with zero attached hydrogens (tertiary/aromatic N) is 2. The fourth-order valence-corrected chi connectivity index (χ4v) is 3.64. The Morgan fingerprint density at radius 3 is 2.64 bits per heavy atom. The van der Waals surface area contributed by atoms with E-state index in [0.717, 1.165) is 44.7 Å². The molecule has 2 aliphatic rings. The number of likely N-dealkylation sites (N-methyl/N-ethyl adjacent to an activating group) is 1. The molecule has 0 bridgehead atoms. The lowest BCUT2D eigenvalue weighted by molar-refractivity contribution is -0.136. The van der Waals surface area contributed by atoms with Crippen molar-refractivity contribution in [3.05, 3.63) is 34.9 Å². The van der Waals surface area contributed by atoms with Crippen LogP contribution in [0.2, 0.25) is 5.02 Å². The Kier molecular flexibility index (Phi) is 5.97. The van der Waals surface area contributed by atoms with Gasteiger partial charge in [-0.2, -0.15) is 0 Å². The normalized spacial score (nSPS) is 23.4. The van der Waals surface area contributed by atoms with Crippen molar-refractivity contribution < 1.29 is 9.59 Å². The van der Waals surface area contributed by atoms with Gasteiger partial charge in [-0.25, -0.2) is 0 Å². The van der Waals surface area contributed by atoms with Crippen molar-refractivity contribution in [2.24, 2.45) is 11.8 Å². The van der Waals surface area contributed by atoms with Crippen LogP contribution in [0.4, 0.5) is 0 Å². The van der Waals surface area contributed by atoms with E-state index >= 15 is 0 Å². The van der Waals surface area contributed by atoms with Crippen LogP contribution in [-0.4, -0.2) is 60.9 Å². The molecule has 1 aromatic rings. The van der Waals surface area contributed by atoms with Crippen molar-refractivity contribution in [2.45, 2.75) is 19.8 Å². The summed E-state index contributed by atoms with van der Waals surface area (Å²) in [5.74, 6) is -0.0891. The summed E-state index contributed by atoms with van der Waals surface area (Å²) in [4.78, 5) is 29.0. The van der Waals surface area contributed by atoms with Gasteiger partial charge < -0.3 is 15.1 Å². The molecule has 2 fully saturated rings. The van der Waals surface area contributed by atoms with Gasteiger partial charge in [0.2, 0.25) is 11.8 Å². The van der Waals surface area contributed by atoms with E-state index in [1.165, 1.54) is 0 Å². The van der Waals surface area contributed by atoms with E-state index in [4.69, 9.17) is 11.6 Å². The number of rotatable bonds is 6. The van der Waals surface area contributed by atoms with Crippen molar-refractivity contribution in [2.75, 3.05) is 39.3 Å². The maximum atomic E-state index is 12.5. The van der Waals surface area contributed by atoms with Gasteiger partial charge in [-0.05, 0) is 37.1 Å². The third kappa shape index (κ3) is 4.73. The van der Waals surface area contributed by atoms with Crippen molar-refractivity contribution in [1.29, 1.82) is 0 Å². The Morgan fingerprint density at radius 1 is 1.20 bits per heavy atom. The van der Waals surface area contributed by atoms with Crippen LogP contribution in [0.25, 0.3) is 0 Å². The Balaban J connectivity index is 1.39. The van der Waals surface area contributed by atoms with Gasteiger partial charge >= 0.3 is 0 Å². The standard InChI is InChI=1S/C19H26ClN3O2/c1-2-22-8-10-23(11-9-22)19(25)17-13-16(17)18(24)21-7-6-14-4-3-5-15(20)12-14/h3-5,12,16-17H,2,6-11,13H2,1H3,(H,21,24). The van der Waals surface area contributed by atoms with E-state index in [-0.39, 0.29) is 23.7 Å². The summed E-state index contributed by atoms with van der Waals surface area (Å²) < 4.78 is 0. The van der Waals surface area contributed by atoms with Crippen LogP contribution in [0.15, 0.2) is 24.3 Å². The van der Waals surface area contributed by atoms with Gasteiger partial charge in [-0.3, -0.25) is 9.59 Å². The van der Waals surface area contributed by atoms with Gasteiger partial charge in [0.05, 0.1) is 11.8 Å². The molecule has 0 radical (unpaired) electrons. The van der Waals surface area contributed by atoms with Crippen LogP contribution < -0.4 is 5.32 Å². The summed E-state index contributed by atoms with van der Waals surface area (Å²) >= 11 is 5.96. The van der Waals surface area contributed by atoms with E-state index in [9.17, 15) is 9.59 Å². The zero-order valence-corrected chi connectivity index (χ0v) is 15.5. The van der Waals surface area contributed by atoms with Crippen LogP contribution in [0.5, 0.6) is 0 Å². The number of benzene rings is 1. The highest BCUT2D eigenvalue weighted by Crippen LogP contribution is 2.40. The van der Waals surface area contributed by atoms with Crippen LogP contribution in [0, 0.1) is 11.8 Å². The molecular formula is C19H26ClN3O2. The average Bonchev–Trinajstić information content (AvgIpc) is 3.42. The quantitative estimate of drug-likeness (QED) is 0.838. The monoisotopic (exact) mass is 363 g/mol. The highest BCUT2D eigenvalue weighted by atomic mass is 35.5. The zero-order valence-electron chi connectivity index (χ0n) is 14.7. The molecule has 2 unspecified atom stereocenters. The second-order valence-electron chi connectivity index (χ2n) is 6.88. The fraction of sp³-hybridized carbons (Fsp3) is 0.579. The zero-order chi connectivity index (χ0) is 17.8. The predicted molar refractivity (Wildman–Crippen MR) is 98.5 cm³/mol. The molecule has 1 saturated heterocycles. The molecule has 1 aliphatic carbocycles. The van der Waals surface area contributed by atoms with E-state index in [1.807, 2.05) is 29.2 Å². The SMILES string of the molecule is CCN1CCN(C(=O)C2CC2C(=O)NCCc2cccc(Cl)c2)CC1. The molecule has 1 heterocycles. The molecule has 1 aromatic carbocycles. The smallest absolute Gasteiger partial charge is 0.226 e. The topological polar surface area (TPSA) is 52.7 Å². The number of carbonyl (C=O) groups is 2. The summed E-state index contributed by atoms with van der Waals surface area (Å²) in [5, 5.41) is 3.66. The largest absolute Gasteiger partial charge is 0.356 e. The molecule has 0 aromatic heterocycles. The minimum Gasteiger partial charge on any atom is -0.356 e. The first kappa shape index (κ1) is 18.2. The average molecular weight is 364 g/mol. The molecule has 0 spiro atoms. The van der Waals surface area contributed by atoms with Gasteiger partial charge in [-0.15, -0.1) is 0 Å².